The first kappa shape index (κ1) is 21.3. The highest BCUT2D eigenvalue weighted by molar-refractivity contribution is 6.33. The zero-order chi connectivity index (χ0) is 21.8. The Labute approximate surface area is 177 Å². The second-order valence-corrected chi connectivity index (χ2v) is 6.73. The fraction of sp³-hybridized carbons (Fsp3) is 0.190. The van der Waals surface area contributed by atoms with Crippen LogP contribution in [0.2, 0.25) is 5.02 Å². The Morgan fingerprint density at radius 3 is 2.57 bits per heavy atom. The highest BCUT2D eigenvalue weighted by Crippen LogP contribution is 2.33. The van der Waals surface area contributed by atoms with Gasteiger partial charge in [0.25, 0.3) is 5.91 Å². The number of anilines is 2. The lowest BCUT2D eigenvalue weighted by atomic mass is 10.0. The number of carbonyl (C=O) groups is 2. The minimum atomic E-state index is -0.615. The van der Waals surface area contributed by atoms with E-state index in [0.717, 1.165) is 0 Å². The van der Waals surface area contributed by atoms with Crippen molar-refractivity contribution >= 4 is 35.0 Å². The van der Waals surface area contributed by atoms with Crippen molar-refractivity contribution in [2.45, 2.75) is 13.8 Å². The molecule has 0 aliphatic heterocycles. The van der Waals surface area contributed by atoms with Gasteiger partial charge in [-0.25, -0.2) is 9.18 Å². The summed E-state index contributed by atoms with van der Waals surface area (Å²) >= 11 is 6.11. The molecule has 0 bridgehead atoms. The molecule has 30 heavy (non-hydrogen) atoms. The van der Waals surface area contributed by atoms with Gasteiger partial charge >= 0.3 is 6.09 Å². The van der Waals surface area contributed by atoms with Crippen LogP contribution >= 0.6 is 11.6 Å². The Morgan fingerprint density at radius 2 is 1.93 bits per heavy atom. The Hall–Kier alpha value is -3.39. The summed E-state index contributed by atoms with van der Waals surface area (Å²) in [6, 6.07) is 10.8. The van der Waals surface area contributed by atoms with Crippen LogP contribution in [-0.2, 0) is 4.74 Å². The third-order valence-corrected chi connectivity index (χ3v) is 4.66. The van der Waals surface area contributed by atoms with Gasteiger partial charge in [0, 0.05) is 18.4 Å². The fourth-order valence-electron chi connectivity index (χ4n) is 2.82. The Bertz CT molecular complexity index is 1060. The van der Waals surface area contributed by atoms with Gasteiger partial charge in [-0.2, -0.15) is 0 Å². The Balaban J connectivity index is 1.84. The van der Waals surface area contributed by atoms with Crippen LogP contribution in [0, 0.1) is 12.7 Å². The predicted octanol–water partition coefficient (Wildman–Crippen LogP) is 5.29. The number of aryl methyl sites for hydroxylation is 1. The molecule has 0 saturated heterocycles. The molecule has 0 unspecified atom stereocenters. The van der Waals surface area contributed by atoms with Crippen molar-refractivity contribution in [1.82, 2.24) is 5.16 Å². The molecule has 0 atom stereocenters. The summed E-state index contributed by atoms with van der Waals surface area (Å²) in [7, 11) is 1.58. The van der Waals surface area contributed by atoms with Gasteiger partial charge < -0.3 is 14.6 Å². The number of benzene rings is 2. The highest BCUT2D eigenvalue weighted by Gasteiger charge is 2.25. The lowest BCUT2D eigenvalue weighted by molar-refractivity contribution is 0.102. The van der Waals surface area contributed by atoms with Crippen molar-refractivity contribution in [2.24, 2.45) is 0 Å². The molecule has 1 aromatic heterocycles. The zero-order valence-corrected chi connectivity index (χ0v) is 17.3. The van der Waals surface area contributed by atoms with Gasteiger partial charge in [-0.1, -0.05) is 22.8 Å². The van der Waals surface area contributed by atoms with Crippen LogP contribution in [0.3, 0.4) is 0 Å². The van der Waals surface area contributed by atoms with E-state index in [0.29, 0.717) is 11.4 Å². The molecule has 0 spiro atoms. The smallest absolute Gasteiger partial charge is 0.413 e. The number of ether oxygens (including phenoxy) is 1. The number of aromatic nitrogens is 1. The van der Waals surface area contributed by atoms with Gasteiger partial charge in [0.15, 0.2) is 0 Å². The number of nitrogens with one attached hydrogen (secondary N) is 1. The van der Waals surface area contributed by atoms with Crippen molar-refractivity contribution < 1.29 is 23.2 Å². The fourth-order valence-corrected chi connectivity index (χ4v) is 3.07. The quantitative estimate of drug-likeness (QED) is 0.593. The largest absolute Gasteiger partial charge is 0.449 e. The summed E-state index contributed by atoms with van der Waals surface area (Å²) in [5.74, 6) is -0.925. The zero-order valence-electron chi connectivity index (χ0n) is 16.5. The van der Waals surface area contributed by atoms with E-state index in [1.165, 1.54) is 23.1 Å². The van der Waals surface area contributed by atoms with E-state index in [9.17, 15) is 14.0 Å². The van der Waals surface area contributed by atoms with E-state index in [4.69, 9.17) is 20.9 Å². The summed E-state index contributed by atoms with van der Waals surface area (Å²) in [6.45, 7) is 3.54. The number of halogens is 2. The summed E-state index contributed by atoms with van der Waals surface area (Å²) in [5, 5.41) is 6.66. The molecule has 1 N–H and O–H groups in total. The number of hydrogen-bond donors (Lipinski definition) is 1. The SMILES string of the molecule is CCOC(=O)N(C)c1ccc(NC(=O)c2c(-c3c(F)cccc3Cl)noc2C)cc1. The molecule has 0 radical (unpaired) electrons. The van der Waals surface area contributed by atoms with Crippen molar-refractivity contribution in [3.05, 3.63) is 64.6 Å². The lowest BCUT2D eigenvalue weighted by Gasteiger charge is -2.17. The van der Waals surface area contributed by atoms with Gasteiger partial charge in [0.05, 0.1) is 17.2 Å². The molecule has 2 amide bonds. The topological polar surface area (TPSA) is 84.7 Å². The van der Waals surface area contributed by atoms with Gasteiger partial charge in [0.2, 0.25) is 0 Å². The first-order valence-electron chi connectivity index (χ1n) is 9.06. The van der Waals surface area contributed by atoms with E-state index < -0.39 is 17.8 Å². The predicted molar refractivity (Wildman–Crippen MR) is 111 cm³/mol. The molecule has 3 aromatic rings. The summed E-state index contributed by atoms with van der Waals surface area (Å²) < 4.78 is 24.4. The van der Waals surface area contributed by atoms with Crippen LogP contribution in [0.5, 0.6) is 0 Å². The van der Waals surface area contributed by atoms with Gasteiger partial charge in [-0.3, -0.25) is 9.69 Å². The average Bonchev–Trinajstić information content (AvgIpc) is 3.09. The highest BCUT2D eigenvalue weighted by atomic mass is 35.5. The van der Waals surface area contributed by atoms with Gasteiger partial charge in [0.1, 0.15) is 22.8 Å². The summed E-state index contributed by atoms with van der Waals surface area (Å²) in [6.07, 6.45) is -0.485. The van der Waals surface area contributed by atoms with E-state index in [1.807, 2.05) is 0 Å². The van der Waals surface area contributed by atoms with Crippen molar-refractivity contribution in [2.75, 3.05) is 23.9 Å². The minimum Gasteiger partial charge on any atom is -0.449 e. The number of hydrogen-bond acceptors (Lipinski definition) is 5. The number of carbonyl (C=O) groups excluding carboxylic acids is 2. The number of nitrogens with zero attached hydrogens (tertiary/aromatic N) is 2. The summed E-state index contributed by atoms with van der Waals surface area (Å²) in [5.41, 5.74) is 1.15. The molecule has 9 heteroatoms. The molecule has 0 saturated carbocycles. The molecule has 0 aliphatic rings. The molecule has 0 fully saturated rings. The van der Waals surface area contributed by atoms with Gasteiger partial charge in [-0.05, 0) is 50.2 Å². The lowest BCUT2D eigenvalue weighted by Crippen LogP contribution is -2.26. The van der Waals surface area contributed by atoms with Crippen LogP contribution in [0.25, 0.3) is 11.3 Å². The first-order chi connectivity index (χ1) is 14.3. The second-order valence-electron chi connectivity index (χ2n) is 6.32. The third kappa shape index (κ3) is 4.28. The van der Waals surface area contributed by atoms with E-state index >= 15 is 0 Å². The average molecular weight is 432 g/mol. The molecule has 7 nitrogen and oxygen atoms in total. The van der Waals surface area contributed by atoms with Crippen LogP contribution in [-0.4, -0.2) is 30.8 Å². The molecule has 0 aliphatic carbocycles. The van der Waals surface area contributed by atoms with Crippen LogP contribution < -0.4 is 10.2 Å². The normalized spacial score (nSPS) is 10.6. The molecule has 2 aromatic carbocycles. The van der Waals surface area contributed by atoms with E-state index in [-0.39, 0.29) is 34.2 Å². The second kappa shape index (κ2) is 8.96. The van der Waals surface area contributed by atoms with Crippen LogP contribution in [0.15, 0.2) is 47.0 Å². The van der Waals surface area contributed by atoms with Crippen molar-refractivity contribution in [1.29, 1.82) is 0 Å². The summed E-state index contributed by atoms with van der Waals surface area (Å²) in [4.78, 5) is 26.0. The van der Waals surface area contributed by atoms with E-state index in [1.54, 1.807) is 45.2 Å². The molecular weight excluding hydrogens is 413 g/mol. The van der Waals surface area contributed by atoms with Crippen molar-refractivity contribution in [3.8, 4) is 11.3 Å². The first-order valence-corrected chi connectivity index (χ1v) is 9.43. The molecular formula is C21H19ClFN3O4. The standard InChI is InChI=1S/C21H19ClFN3O4/c1-4-29-21(28)26(3)14-10-8-13(9-11-14)24-20(27)17-12(2)30-25-19(17)18-15(22)6-5-7-16(18)23/h5-11H,4H2,1-3H3,(H,24,27). The minimum absolute atomic E-state index is 0.00687. The third-order valence-electron chi connectivity index (χ3n) is 4.34. The van der Waals surface area contributed by atoms with Crippen molar-refractivity contribution in [3.63, 3.8) is 0 Å². The molecule has 156 valence electrons. The Kier molecular flexibility index (Phi) is 6.37. The Morgan fingerprint density at radius 1 is 1.23 bits per heavy atom. The maximum absolute atomic E-state index is 14.3. The molecule has 1 heterocycles. The van der Waals surface area contributed by atoms with Gasteiger partial charge in [-0.15, -0.1) is 0 Å². The number of rotatable bonds is 5. The van der Waals surface area contributed by atoms with Crippen LogP contribution in [0.1, 0.15) is 23.0 Å². The van der Waals surface area contributed by atoms with E-state index in [2.05, 4.69) is 10.5 Å². The number of amides is 2. The molecule has 3 rings (SSSR count). The monoisotopic (exact) mass is 431 g/mol. The maximum atomic E-state index is 14.3. The van der Waals surface area contributed by atoms with Crippen LogP contribution in [0.4, 0.5) is 20.6 Å². The maximum Gasteiger partial charge on any atom is 0.413 e.